The number of ketones is 1. The number of rotatable bonds is 4. The van der Waals surface area contributed by atoms with Crippen molar-refractivity contribution in [3.8, 4) is 0 Å². The molecule has 0 radical (unpaired) electrons. The van der Waals surface area contributed by atoms with E-state index >= 15 is 0 Å². The van der Waals surface area contributed by atoms with Crippen LogP contribution in [0.25, 0.3) is 0 Å². The standard InChI is InChI=1S/C14H14FN3OS2/c15-9-5-1-2-6-10(9)16-13-17-18-14(21-13)20-12-8-4-3-7-11(12)19/h1-2,5-6,12H,3-4,7-8H2,(H,16,17). The Morgan fingerprint density at radius 1 is 1.29 bits per heavy atom. The number of para-hydroxylation sites is 1. The fourth-order valence-electron chi connectivity index (χ4n) is 2.18. The van der Waals surface area contributed by atoms with E-state index in [4.69, 9.17) is 0 Å². The van der Waals surface area contributed by atoms with Gasteiger partial charge in [-0.1, -0.05) is 41.7 Å². The van der Waals surface area contributed by atoms with Gasteiger partial charge in [0.15, 0.2) is 4.34 Å². The van der Waals surface area contributed by atoms with Gasteiger partial charge in [0.05, 0.1) is 10.9 Å². The Labute approximate surface area is 130 Å². The zero-order valence-electron chi connectivity index (χ0n) is 11.2. The summed E-state index contributed by atoms with van der Waals surface area (Å²) in [4.78, 5) is 11.8. The van der Waals surface area contributed by atoms with E-state index in [1.165, 1.54) is 29.2 Å². The van der Waals surface area contributed by atoms with Crippen molar-refractivity contribution in [1.29, 1.82) is 0 Å². The molecule has 0 amide bonds. The van der Waals surface area contributed by atoms with E-state index in [9.17, 15) is 9.18 Å². The molecule has 0 spiro atoms. The number of thioether (sulfide) groups is 1. The van der Waals surface area contributed by atoms with E-state index in [2.05, 4.69) is 15.5 Å². The predicted molar refractivity (Wildman–Crippen MR) is 82.7 cm³/mol. The van der Waals surface area contributed by atoms with Crippen molar-refractivity contribution >= 4 is 39.7 Å². The number of Topliss-reactive ketones (excluding diaryl/α,β-unsaturated/α-hetero) is 1. The highest BCUT2D eigenvalue weighted by molar-refractivity contribution is 8.02. The minimum atomic E-state index is -0.329. The van der Waals surface area contributed by atoms with Crippen LogP contribution in [-0.4, -0.2) is 21.2 Å². The summed E-state index contributed by atoms with van der Waals surface area (Å²) in [6.07, 6.45) is 3.64. The number of nitrogens with zero attached hydrogens (tertiary/aromatic N) is 2. The first-order valence-corrected chi connectivity index (χ1v) is 8.46. The molecule has 1 fully saturated rings. The summed E-state index contributed by atoms with van der Waals surface area (Å²) >= 11 is 2.81. The molecule has 1 aliphatic rings. The molecule has 1 N–H and O–H groups in total. The molecule has 1 aromatic carbocycles. The van der Waals surface area contributed by atoms with E-state index < -0.39 is 0 Å². The number of carbonyl (C=O) groups is 1. The number of halogens is 1. The van der Waals surface area contributed by atoms with Crippen molar-refractivity contribution in [2.24, 2.45) is 0 Å². The molecule has 1 heterocycles. The minimum absolute atomic E-state index is 0.00647. The average molecular weight is 323 g/mol. The average Bonchev–Trinajstić information content (AvgIpc) is 2.91. The second kappa shape index (κ2) is 6.53. The highest BCUT2D eigenvalue weighted by Crippen LogP contribution is 2.35. The van der Waals surface area contributed by atoms with Gasteiger partial charge in [-0.05, 0) is 25.0 Å². The zero-order chi connectivity index (χ0) is 14.7. The molecule has 0 aliphatic heterocycles. The van der Waals surface area contributed by atoms with Gasteiger partial charge in [0.1, 0.15) is 11.6 Å². The van der Waals surface area contributed by atoms with Crippen LogP contribution >= 0.6 is 23.1 Å². The van der Waals surface area contributed by atoms with Crippen molar-refractivity contribution in [3.05, 3.63) is 30.1 Å². The smallest absolute Gasteiger partial charge is 0.210 e. The quantitative estimate of drug-likeness (QED) is 0.921. The lowest BCUT2D eigenvalue weighted by molar-refractivity contribution is -0.119. The first-order chi connectivity index (χ1) is 10.2. The van der Waals surface area contributed by atoms with E-state index in [0.29, 0.717) is 23.0 Å². The Morgan fingerprint density at radius 2 is 2.14 bits per heavy atom. The second-order valence-corrected chi connectivity index (χ2v) is 7.22. The van der Waals surface area contributed by atoms with Crippen LogP contribution in [-0.2, 0) is 4.79 Å². The number of hydrogen-bond acceptors (Lipinski definition) is 6. The van der Waals surface area contributed by atoms with E-state index in [0.717, 1.165) is 23.6 Å². The highest BCUT2D eigenvalue weighted by atomic mass is 32.2. The maximum absolute atomic E-state index is 13.6. The van der Waals surface area contributed by atoms with Crippen LogP contribution in [0.15, 0.2) is 28.6 Å². The van der Waals surface area contributed by atoms with Gasteiger partial charge in [0, 0.05) is 6.42 Å². The summed E-state index contributed by atoms with van der Waals surface area (Å²) in [7, 11) is 0. The maximum Gasteiger partial charge on any atom is 0.210 e. The largest absolute Gasteiger partial charge is 0.328 e. The Bertz CT molecular complexity index is 647. The lowest BCUT2D eigenvalue weighted by Crippen LogP contribution is -2.21. The van der Waals surface area contributed by atoms with Crippen LogP contribution in [0.3, 0.4) is 0 Å². The SMILES string of the molecule is O=C1CCCCC1Sc1nnc(Nc2ccccc2F)s1. The zero-order valence-corrected chi connectivity index (χ0v) is 12.8. The van der Waals surface area contributed by atoms with E-state index in [-0.39, 0.29) is 11.1 Å². The van der Waals surface area contributed by atoms with Gasteiger partial charge in [-0.25, -0.2) is 4.39 Å². The molecular formula is C14H14FN3OS2. The third kappa shape index (κ3) is 3.59. The summed E-state index contributed by atoms with van der Waals surface area (Å²) < 4.78 is 14.3. The summed E-state index contributed by atoms with van der Waals surface area (Å²) in [5, 5.41) is 11.5. The van der Waals surface area contributed by atoms with Crippen molar-refractivity contribution in [2.75, 3.05) is 5.32 Å². The van der Waals surface area contributed by atoms with Gasteiger partial charge >= 0.3 is 0 Å². The molecule has 2 aromatic rings. The molecule has 1 atom stereocenters. The molecule has 21 heavy (non-hydrogen) atoms. The van der Waals surface area contributed by atoms with E-state index in [1.807, 2.05) is 0 Å². The number of hydrogen-bond donors (Lipinski definition) is 1. The molecular weight excluding hydrogens is 309 g/mol. The Balaban J connectivity index is 1.66. The van der Waals surface area contributed by atoms with Crippen molar-refractivity contribution in [1.82, 2.24) is 10.2 Å². The molecule has 1 unspecified atom stereocenters. The Morgan fingerprint density at radius 3 is 2.95 bits per heavy atom. The Kier molecular flexibility index (Phi) is 4.50. The molecule has 110 valence electrons. The van der Waals surface area contributed by atoms with Crippen LogP contribution in [0, 0.1) is 5.82 Å². The molecule has 1 saturated carbocycles. The molecule has 3 rings (SSSR count). The molecule has 4 nitrogen and oxygen atoms in total. The Hall–Kier alpha value is -1.47. The number of carbonyl (C=O) groups excluding carboxylic acids is 1. The third-order valence-electron chi connectivity index (χ3n) is 3.26. The van der Waals surface area contributed by atoms with Gasteiger partial charge in [-0.2, -0.15) is 0 Å². The van der Waals surface area contributed by atoms with Crippen LogP contribution < -0.4 is 5.32 Å². The summed E-state index contributed by atoms with van der Waals surface area (Å²) in [6.45, 7) is 0. The van der Waals surface area contributed by atoms with Crippen LogP contribution in [0.5, 0.6) is 0 Å². The predicted octanol–water partition coefficient (Wildman–Crippen LogP) is 4.02. The molecule has 0 saturated heterocycles. The monoisotopic (exact) mass is 323 g/mol. The van der Waals surface area contributed by atoms with Gasteiger partial charge in [0.2, 0.25) is 5.13 Å². The number of nitrogens with one attached hydrogen (secondary N) is 1. The number of benzene rings is 1. The lowest BCUT2D eigenvalue weighted by Gasteiger charge is -2.17. The second-order valence-electron chi connectivity index (χ2n) is 4.80. The highest BCUT2D eigenvalue weighted by Gasteiger charge is 2.24. The van der Waals surface area contributed by atoms with Crippen molar-refractivity contribution < 1.29 is 9.18 Å². The summed E-state index contributed by atoms with van der Waals surface area (Å²) in [5.74, 6) is -0.0329. The molecule has 7 heteroatoms. The first kappa shape index (κ1) is 14.5. The van der Waals surface area contributed by atoms with Crippen LogP contribution in [0.4, 0.5) is 15.2 Å². The first-order valence-electron chi connectivity index (χ1n) is 6.77. The van der Waals surface area contributed by atoms with Gasteiger partial charge in [0.25, 0.3) is 0 Å². The number of anilines is 2. The van der Waals surface area contributed by atoms with Gasteiger partial charge in [-0.15, -0.1) is 10.2 Å². The van der Waals surface area contributed by atoms with E-state index in [1.54, 1.807) is 18.2 Å². The van der Waals surface area contributed by atoms with Crippen LogP contribution in [0.1, 0.15) is 25.7 Å². The van der Waals surface area contributed by atoms with Crippen LogP contribution in [0.2, 0.25) is 0 Å². The fraction of sp³-hybridized carbons (Fsp3) is 0.357. The maximum atomic E-state index is 13.6. The summed E-state index contributed by atoms with van der Waals surface area (Å²) in [5.41, 5.74) is 0.374. The molecule has 0 bridgehead atoms. The lowest BCUT2D eigenvalue weighted by atomic mass is 9.99. The molecule has 1 aromatic heterocycles. The number of aromatic nitrogens is 2. The van der Waals surface area contributed by atoms with Gasteiger partial charge in [-0.3, -0.25) is 4.79 Å². The minimum Gasteiger partial charge on any atom is -0.328 e. The third-order valence-corrected chi connectivity index (χ3v) is 5.50. The topological polar surface area (TPSA) is 54.9 Å². The van der Waals surface area contributed by atoms with Crippen molar-refractivity contribution in [3.63, 3.8) is 0 Å². The molecule has 1 aliphatic carbocycles. The van der Waals surface area contributed by atoms with Crippen molar-refractivity contribution in [2.45, 2.75) is 35.3 Å². The fourth-order valence-corrected chi connectivity index (χ4v) is 4.32. The summed E-state index contributed by atoms with van der Waals surface area (Å²) in [6, 6.07) is 6.42. The van der Waals surface area contributed by atoms with Gasteiger partial charge < -0.3 is 5.32 Å². The normalized spacial score (nSPS) is 18.7.